The number of hydrogen-bond acceptors (Lipinski definition) is 3. The Morgan fingerprint density at radius 3 is 2.74 bits per heavy atom. The maximum Gasteiger partial charge on any atom is 0.333 e. The Balaban J connectivity index is 2.28. The first-order valence-electron chi connectivity index (χ1n) is 6.54. The van der Waals surface area contributed by atoms with E-state index in [1.54, 1.807) is 0 Å². The first-order valence-corrected chi connectivity index (χ1v) is 7.71. The van der Waals surface area contributed by atoms with Crippen LogP contribution in [0, 0.1) is 17.1 Å². The van der Waals surface area contributed by atoms with Crippen LogP contribution >= 0.6 is 27.5 Å². The van der Waals surface area contributed by atoms with Gasteiger partial charge in [0.25, 0.3) is 0 Å². The van der Waals surface area contributed by atoms with E-state index in [2.05, 4.69) is 21.0 Å². The van der Waals surface area contributed by atoms with E-state index >= 15 is 0 Å². The lowest BCUT2D eigenvalue weighted by Gasteiger charge is -2.14. The van der Waals surface area contributed by atoms with E-state index in [1.807, 2.05) is 6.07 Å². The number of hydrogen-bond donors (Lipinski definition) is 0. The van der Waals surface area contributed by atoms with Crippen LogP contribution in [0.3, 0.4) is 0 Å². The smallest absolute Gasteiger partial charge is 0.333 e. The van der Waals surface area contributed by atoms with Crippen molar-refractivity contribution in [3.05, 3.63) is 33.1 Å². The fraction of sp³-hybridized carbons (Fsp3) is 0.286. The average Bonchev–Trinajstić information content (AvgIpc) is 3.23. The van der Waals surface area contributed by atoms with Crippen molar-refractivity contribution < 1.29 is 17.9 Å². The monoisotopic (exact) mass is 405 g/mol. The highest BCUT2D eigenvalue weighted by atomic mass is 79.9. The largest absolute Gasteiger partial charge is 0.489 e. The molecule has 0 radical (unpaired) electrons. The van der Waals surface area contributed by atoms with Crippen LogP contribution in [0.25, 0.3) is 11.3 Å². The highest BCUT2D eigenvalue weighted by molar-refractivity contribution is 9.10. The molecule has 1 heterocycles. The molecule has 2 aromatic rings. The summed E-state index contributed by atoms with van der Waals surface area (Å²) < 4.78 is 46.8. The Morgan fingerprint density at radius 1 is 1.48 bits per heavy atom. The molecule has 120 valence electrons. The van der Waals surface area contributed by atoms with Crippen LogP contribution in [0.5, 0.6) is 5.75 Å². The molecule has 0 bridgehead atoms. The van der Waals surface area contributed by atoms with Crippen LogP contribution in [0.1, 0.15) is 25.0 Å². The number of ether oxygens (including phenoxy) is 1. The van der Waals surface area contributed by atoms with Gasteiger partial charge in [0.15, 0.2) is 5.82 Å². The maximum absolute atomic E-state index is 14.5. The summed E-state index contributed by atoms with van der Waals surface area (Å²) >= 11 is 8.91. The maximum atomic E-state index is 14.5. The molecule has 0 amide bonds. The van der Waals surface area contributed by atoms with E-state index in [0.29, 0.717) is 4.68 Å². The summed E-state index contributed by atoms with van der Waals surface area (Å²) in [6.07, 6.45) is 2.66. The van der Waals surface area contributed by atoms with Gasteiger partial charge in [-0.05, 0) is 28.8 Å². The lowest BCUT2D eigenvalue weighted by Crippen LogP contribution is -2.07. The predicted octanol–water partition coefficient (Wildman–Crippen LogP) is 4.91. The zero-order chi connectivity index (χ0) is 16.7. The van der Waals surface area contributed by atoms with Crippen LogP contribution in [-0.4, -0.2) is 15.9 Å². The van der Waals surface area contributed by atoms with Gasteiger partial charge in [0.05, 0.1) is 33.1 Å². The number of nitrogens with zero attached hydrogens (tertiary/aromatic N) is 3. The van der Waals surface area contributed by atoms with Gasteiger partial charge < -0.3 is 4.74 Å². The van der Waals surface area contributed by atoms with Crippen molar-refractivity contribution in [2.75, 3.05) is 0 Å². The third-order valence-electron chi connectivity index (χ3n) is 3.29. The number of alkyl halides is 2. The van der Waals surface area contributed by atoms with Crippen LogP contribution in [0.2, 0.25) is 5.02 Å². The van der Waals surface area contributed by atoms with Crippen LogP contribution < -0.4 is 4.74 Å². The van der Waals surface area contributed by atoms with Crippen molar-refractivity contribution >= 4 is 27.5 Å². The van der Waals surface area contributed by atoms with Crippen LogP contribution in [-0.2, 0) is 0 Å². The summed E-state index contributed by atoms with van der Waals surface area (Å²) in [5.41, 5.74) is -0.820. The second-order valence-corrected chi connectivity index (χ2v) is 6.17. The molecule has 0 spiro atoms. The minimum atomic E-state index is -3.01. The van der Waals surface area contributed by atoms with Crippen molar-refractivity contribution in [1.82, 2.24) is 9.78 Å². The molecule has 1 aliphatic carbocycles. The number of rotatable bonds is 4. The average molecular weight is 407 g/mol. The van der Waals surface area contributed by atoms with Crippen molar-refractivity contribution in [2.24, 2.45) is 0 Å². The zero-order valence-electron chi connectivity index (χ0n) is 11.4. The molecule has 3 rings (SSSR count). The Labute approximate surface area is 142 Å². The second-order valence-electron chi connectivity index (χ2n) is 4.91. The minimum Gasteiger partial charge on any atom is -0.489 e. The number of nitriles is 1. The van der Waals surface area contributed by atoms with Gasteiger partial charge in [-0.3, -0.25) is 0 Å². The van der Waals surface area contributed by atoms with Gasteiger partial charge in [-0.15, -0.1) is 0 Å². The fourth-order valence-electron chi connectivity index (χ4n) is 2.12. The first-order chi connectivity index (χ1) is 10.9. The van der Waals surface area contributed by atoms with Gasteiger partial charge in [0.2, 0.25) is 0 Å². The van der Waals surface area contributed by atoms with Gasteiger partial charge >= 0.3 is 6.55 Å². The Morgan fingerprint density at radius 2 is 2.17 bits per heavy atom. The number of benzene rings is 1. The van der Waals surface area contributed by atoms with E-state index in [1.165, 1.54) is 6.07 Å². The van der Waals surface area contributed by atoms with Crippen LogP contribution in [0.4, 0.5) is 13.2 Å². The van der Waals surface area contributed by atoms with Gasteiger partial charge in [0, 0.05) is 6.07 Å². The standard InChI is InChI=1S/C14H8BrClF3N3O/c15-8-5-21-22(14(18)19)13(8)11-7(4-20)10(23-6-1-2-6)3-9(16)12(11)17/h3,5-6,14H,1-2H2. The summed E-state index contributed by atoms with van der Waals surface area (Å²) in [6.45, 7) is -3.01. The Hall–Kier alpha value is -1.72. The molecule has 0 aliphatic heterocycles. The first kappa shape index (κ1) is 16.1. The molecule has 0 saturated heterocycles. The van der Waals surface area contributed by atoms with Crippen molar-refractivity contribution in [3.8, 4) is 23.1 Å². The summed E-state index contributed by atoms with van der Waals surface area (Å²) in [4.78, 5) is 0. The molecule has 1 aliphatic rings. The van der Waals surface area contributed by atoms with Crippen molar-refractivity contribution in [2.45, 2.75) is 25.5 Å². The Bertz CT molecular complexity index is 815. The summed E-state index contributed by atoms with van der Waals surface area (Å²) in [5, 5.41) is 12.6. The van der Waals surface area contributed by atoms with E-state index in [-0.39, 0.29) is 38.2 Å². The lowest BCUT2D eigenvalue weighted by atomic mass is 10.0. The van der Waals surface area contributed by atoms with E-state index < -0.39 is 12.4 Å². The number of aromatic nitrogens is 2. The van der Waals surface area contributed by atoms with E-state index in [0.717, 1.165) is 19.0 Å². The van der Waals surface area contributed by atoms with Gasteiger partial charge in [0.1, 0.15) is 17.4 Å². The molecule has 0 N–H and O–H groups in total. The summed E-state index contributed by atoms with van der Waals surface area (Å²) in [7, 11) is 0. The quantitative estimate of drug-likeness (QED) is 0.725. The highest BCUT2D eigenvalue weighted by Crippen LogP contribution is 2.42. The Kier molecular flexibility index (Phi) is 4.25. The molecule has 23 heavy (non-hydrogen) atoms. The lowest BCUT2D eigenvalue weighted by molar-refractivity contribution is 0.0584. The zero-order valence-corrected chi connectivity index (χ0v) is 13.7. The molecule has 9 heteroatoms. The van der Waals surface area contributed by atoms with Gasteiger partial charge in [-0.25, -0.2) is 9.07 Å². The van der Waals surface area contributed by atoms with Gasteiger partial charge in [-0.2, -0.15) is 19.1 Å². The SMILES string of the molecule is N#Cc1c(OC2CC2)cc(Cl)c(F)c1-c1c(Br)cnn1C(F)F. The third kappa shape index (κ3) is 2.91. The normalized spacial score (nSPS) is 14.1. The molecule has 1 fully saturated rings. The summed E-state index contributed by atoms with van der Waals surface area (Å²) in [6, 6.07) is 3.01. The van der Waals surface area contributed by atoms with E-state index in [9.17, 15) is 18.4 Å². The molecule has 1 saturated carbocycles. The van der Waals surface area contributed by atoms with Crippen molar-refractivity contribution in [3.63, 3.8) is 0 Å². The molecule has 0 atom stereocenters. The topological polar surface area (TPSA) is 50.8 Å². The molecular formula is C14H8BrClF3N3O. The number of halogens is 5. The van der Waals surface area contributed by atoms with E-state index in [4.69, 9.17) is 16.3 Å². The third-order valence-corrected chi connectivity index (χ3v) is 4.14. The predicted molar refractivity (Wildman–Crippen MR) is 79.9 cm³/mol. The fourth-order valence-corrected chi connectivity index (χ4v) is 2.78. The van der Waals surface area contributed by atoms with Crippen molar-refractivity contribution in [1.29, 1.82) is 5.26 Å². The second kappa shape index (κ2) is 6.06. The molecule has 1 aromatic heterocycles. The highest BCUT2D eigenvalue weighted by Gasteiger charge is 2.30. The molecular weight excluding hydrogens is 399 g/mol. The molecule has 1 aromatic carbocycles. The molecule has 0 unspecified atom stereocenters. The summed E-state index contributed by atoms with van der Waals surface area (Å²) in [5.74, 6) is -0.903. The van der Waals surface area contributed by atoms with Crippen LogP contribution in [0.15, 0.2) is 16.7 Å². The minimum absolute atomic E-state index is 0.0695. The van der Waals surface area contributed by atoms with Gasteiger partial charge in [-0.1, -0.05) is 11.6 Å². The molecule has 4 nitrogen and oxygen atoms in total.